The Balaban J connectivity index is 1.70. The molecule has 1 fully saturated rings. The molecule has 9 heteroatoms. The second-order valence-corrected chi connectivity index (χ2v) is 6.57. The number of aryl methyl sites for hydroxylation is 1. The lowest BCUT2D eigenvalue weighted by atomic mass is 9.80. The van der Waals surface area contributed by atoms with E-state index in [0.29, 0.717) is 6.42 Å². The van der Waals surface area contributed by atoms with Crippen LogP contribution in [0.3, 0.4) is 0 Å². The number of carbonyl (C=O) groups excluding carboxylic acids is 2. The summed E-state index contributed by atoms with van der Waals surface area (Å²) in [5.41, 5.74) is -0.250. The minimum absolute atomic E-state index is 0.192. The second kappa shape index (κ2) is 5.79. The van der Waals surface area contributed by atoms with Gasteiger partial charge in [-0.3, -0.25) is 9.69 Å². The minimum Gasteiger partial charge on any atom is -0.370 e. The van der Waals surface area contributed by atoms with Gasteiger partial charge in [0.05, 0.1) is 13.2 Å². The molecule has 0 saturated carbocycles. The number of nitrogens with one attached hydrogen (secondary N) is 1. The van der Waals surface area contributed by atoms with Crippen molar-refractivity contribution in [1.29, 1.82) is 0 Å². The minimum atomic E-state index is -4.42. The molecule has 23 heavy (non-hydrogen) atoms. The third-order valence-corrected chi connectivity index (χ3v) is 5.04. The van der Waals surface area contributed by atoms with Crippen molar-refractivity contribution in [2.75, 3.05) is 19.8 Å². The van der Waals surface area contributed by atoms with E-state index >= 15 is 0 Å². The molecule has 1 aromatic rings. The molecule has 1 aliphatic carbocycles. The van der Waals surface area contributed by atoms with Crippen molar-refractivity contribution in [2.45, 2.75) is 31.0 Å². The lowest BCUT2D eigenvalue weighted by Crippen LogP contribution is -2.46. The Labute approximate surface area is 134 Å². The first-order valence-corrected chi connectivity index (χ1v) is 8.07. The van der Waals surface area contributed by atoms with Gasteiger partial charge in [-0.25, -0.2) is 4.79 Å². The lowest BCUT2D eigenvalue weighted by molar-refractivity contribution is -0.174. The smallest absolute Gasteiger partial charge is 0.370 e. The van der Waals surface area contributed by atoms with E-state index in [-0.39, 0.29) is 13.2 Å². The number of fused-ring (bicyclic) bond motifs is 2. The van der Waals surface area contributed by atoms with Gasteiger partial charge in [0.1, 0.15) is 12.1 Å². The molecule has 1 saturated heterocycles. The van der Waals surface area contributed by atoms with Crippen molar-refractivity contribution in [3.8, 4) is 0 Å². The molecular formula is C14H15F3N2O3S. The Morgan fingerprint density at radius 1 is 1.39 bits per heavy atom. The van der Waals surface area contributed by atoms with Crippen molar-refractivity contribution in [2.24, 2.45) is 0 Å². The van der Waals surface area contributed by atoms with E-state index in [4.69, 9.17) is 0 Å². The summed E-state index contributed by atoms with van der Waals surface area (Å²) in [7, 11) is 0. The summed E-state index contributed by atoms with van der Waals surface area (Å²) in [6.07, 6.45) is -2.28. The van der Waals surface area contributed by atoms with Crippen molar-refractivity contribution in [3.05, 3.63) is 21.9 Å². The highest BCUT2D eigenvalue weighted by Gasteiger charge is 2.54. The summed E-state index contributed by atoms with van der Waals surface area (Å²) in [4.78, 5) is 26.8. The van der Waals surface area contributed by atoms with Crippen LogP contribution in [0.4, 0.5) is 18.0 Å². The molecule has 1 spiro atoms. The highest BCUT2D eigenvalue weighted by Crippen LogP contribution is 2.41. The van der Waals surface area contributed by atoms with E-state index in [2.05, 4.69) is 10.1 Å². The number of amides is 3. The van der Waals surface area contributed by atoms with Crippen LogP contribution in [0.5, 0.6) is 0 Å². The maximum Gasteiger partial charge on any atom is 0.411 e. The highest BCUT2D eigenvalue weighted by molar-refractivity contribution is 7.10. The van der Waals surface area contributed by atoms with Crippen molar-refractivity contribution >= 4 is 23.3 Å². The zero-order valence-corrected chi connectivity index (χ0v) is 12.9. The number of imide groups is 1. The second-order valence-electron chi connectivity index (χ2n) is 5.57. The summed E-state index contributed by atoms with van der Waals surface area (Å²) in [6.45, 7) is -1.93. The number of ether oxygens (including phenoxy) is 1. The fourth-order valence-electron chi connectivity index (χ4n) is 3.09. The first kappa shape index (κ1) is 16.3. The average molecular weight is 348 g/mol. The number of alkyl halides is 3. The molecule has 1 unspecified atom stereocenters. The van der Waals surface area contributed by atoms with Gasteiger partial charge in [0, 0.05) is 10.4 Å². The summed E-state index contributed by atoms with van der Waals surface area (Å²) in [5.74, 6) is -0.405. The Hall–Kier alpha value is -1.61. The van der Waals surface area contributed by atoms with Crippen LogP contribution in [0.25, 0.3) is 0 Å². The fourth-order valence-corrected chi connectivity index (χ4v) is 4.09. The average Bonchev–Trinajstić information content (AvgIpc) is 3.02. The summed E-state index contributed by atoms with van der Waals surface area (Å²) >= 11 is 1.54. The summed E-state index contributed by atoms with van der Waals surface area (Å²) in [5, 5.41) is 4.62. The third kappa shape index (κ3) is 2.94. The molecule has 1 aromatic heterocycles. The largest absolute Gasteiger partial charge is 0.411 e. The van der Waals surface area contributed by atoms with Crippen LogP contribution in [-0.4, -0.2) is 42.8 Å². The zero-order chi connectivity index (χ0) is 16.7. The molecule has 3 amide bonds. The van der Waals surface area contributed by atoms with Crippen LogP contribution < -0.4 is 5.32 Å². The van der Waals surface area contributed by atoms with E-state index in [1.165, 1.54) is 0 Å². The maximum atomic E-state index is 12.7. The summed E-state index contributed by atoms with van der Waals surface area (Å²) < 4.78 is 40.6. The van der Waals surface area contributed by atoms with Crippen LogP contribution in [-0.2, 0) is 21.5 Å². The zero-order valence-electron chi connectivity index (χ0n) is 12.1. The van der Waals surface area contributed by atoms with Gasteiger partial charge in [-0.05, 0) is 30.7 Å². The number of nitrogens with zero attached hydrogens (tertiary/aromatic N) is 1. The Morgan fingerprint density at radius 2 is 2.17 bits per heavy atom. The number of thiophene rings is 1. The first-order valence-electron chi connectivity index (χ1n) is 7.19. The van der Waals surface area contributed by atoms with Crippen LogP contribution in [0.1, 0.15) is 23.3 Å². The quantitative estimate of drug-likeness (QED) is 0.672. The molecule has 5 nitrogen and oxygen atoms in total. The molecule has 2 aliphatic rings. The predicted octanol–water partition coefficient (Wildman–Crippen LogP) is 2.41. The van der Waals surface area contributed by atoms with Gasteiger partial charge >= 0.3 is 12.2 Å². The van der Waals surface area contributed by atoms with Gasteiger partial charge in [-0.15, -0.1) is 11.3 Å². The normalized spacial score (nSPS) is 24.2. The molecule has 0 bridgehead atoms. The molecule has 3 rings (SSSR count). The third-order valence-electron chi connectivity index (χ3n) is 4.06. The first-order chi connectivity index (χ1) is 10.8. The highest BCUT2D eigenvalue weighted by atomic mass is 32.1. The number of hydrogen-bond donors (Lipinski definition) is 1. The number of halogens is 3. The van der Waals surface area contributed by atoms with Crippen LogP contribution in [0.15, 0.2) is 11.4 Å². The van der Waals surface area contributed by atoms with Gasteiger partial charge in [0.25, 0.3) is 5.91 Å². The molecule has 1 aliphatic heterocycles. The Kier molecular flexibility index (Phi) is 4.09. The van der Waals surface area contributed by atoms with E-state index in [9.17, 15) is 22.8 Å². The van der Waals surface area contributed by atoms with Crippen LogP contribution in [0.2, 0.25) is 0 Å². The topological polar surface area (TPSA) is 58.6 Å². The number of carbonyl (C=O) groups is 2. The Bertz CT molecular complexity index is 631. The van der Waals surface area contributed by atoms with E-state index in [1.54, 1.807) is 11.3 Å². The molecule has 0 aromatic carbocycles. The molecule has 2 heterocycles. The number of urea groups is 1. The van der Waals surface area contributed by atoms with Gasteiger partial charge < -0.3 is 10.1 Å². The monoisotopic (exact) mass is 348 g/mol. The van der Waals surface area contributed by atoms with Crippen LogP contribution in [0, 0.1) is 0 Å². The van der Waals surface area contributed by atoms with Crippen molar-refractivity contribution in [1.82, 2.24) is 10.2 Å². The molecule has 0 radical (unpaired) electrons. The van der Waals surface area contributed by atoms with E-state index < -0.39 is 30.3 Å². The van der Waals surface area contributed by atoms with Gasteiger partial charge in [0.2, 0.25) is 0 Å². The fraction of sp³-hybridized carbons (Fsp3) is 0.571. The van der Waals surface area contributed by atoms with Gasteiger partial charge in [-0.1, -0.05) is 0 Å². The molecule has 1 atom stereocenters. The van der Waals surface area contributed by atoms with Gasteiger partial charge in [-0.2, -0.15) is 13.2 Å². The summed E-state index contributed by atoms with van der Waals surface area (Å²) in [6, 6.07) is 1.26. The Morgan fingerprint density at radius 3 is 2.91 bits per heavy atom. The van der Waals surface area contributed by atoms with E-state index in [0.717, 1.165) is 28.2 Å². The van der Waals surface area contributed by atoms with Crippen LogP contribution >= 0.6 is 11.3 Å². The van der Waals surface area contributed by atoms with Gasteiger partial charge in [0.15, 0.2) is 0 Å². The molecule has 126 valence electrons. The number of hydrogen-bond acceptors (Lipinski definition) is 4. The predicted molar refractivity (Wildman–Crippen MR) is 76.1 cm³/mol. The standard InChI is InChI=1S/C14H15F3N2O3S/c15-14(16,17)8-22-6-5-19-11(20)13(18-12(19)21)4-1-2-10-9(13)3-7-23-10/h3,7H,1-2,4-6,8H2,(H,18,21). The molecular weight excluding hydrogens is 333 g/mol. The molecule has 1 N–H and O–H groups in total. The SMILES string of the molecule is O=C1NC2(CCCc3sccc32)C(=O)N1CCOCC(F)(F)F. The number of rotatable bonds is 4. The van der Waals surface area contributed by atoms with Crippen molar-refractivity contribution in [3.63, 3.8) is 0 Å². The maximum absolute atomic E-state index is 12.7. The van der Waals surface area contributed by atoms with Crippen molar-refractivity contribution < 1.29 is 27.5 Å². The van der Waals surface area contributed by atoms with E-state index in [1.807, 2.05) is 11.4 Å². The lowest BCUT2D eigenvalue weighted by Gasteiger charge is -2.31.